The van der Waals surface area contributed by atoms with Crippen molar-refractivity contribution in [2.45, 2.75) is 24.9 Å². The van der Waals surface area contributed by atoms with Gasteiger partial charge >= 0.3 is 12.1 Å². The third kappa shape index (κ3) is 3.29. The van der Waals surface area contributed by atoms with Crippen LogP contribution < -0.4 is 10.6 Å². The number of Topliss-reactive ketones (excluding diaryl/α,β-unsaturated/α-hetero) is 2. The second kappa shape index (κ2) is 6.07. The van der Waals surface area contributed by atoms with Crippen LogP contribution in [0.25, 0.3) is 0 Å². The Labute approximate surface area is 132 Å². The lowest BCUT2D eigenvalue weighted by Gasteiger charge is -2.24. The molecule has 0 aromatic carbocycles. The fourth-order valence-electron chi connectivity index (χ4n) is 1.87. The number of halogens is 5. The van der Waals surface area contributed by atoms with Crippen LogP contribution in [0.5, 0.6) is 0 Å². The first-order valence-electron chi connectivity index (χ1n) is 6.66. The zero-order chi connectivity index (χ0) is 18.1. The van der Waals surface area contributed by atoms with E-state index in [9.17, 15) is 31.5 Å². The van der Waals surface area contributed by atoms with E-state index in [2.05, 4.69) is 5.32 Å². The molecule has 0 amide bonds. The number of nitriles is 1. The van der Waals surface area contributed by atoms with Gasteiger partial charge in [-0.2, -0.15) is 27.2 Å². The second-order valence-corrected chi connectivity index (χ2v) is 5.07. The van der Waals surface area contributed by atoms with Crippen LogP contribution in [-0.2, 0) is 9.59 Å². The minimum absolute atomic E-state index is 0.226. The predicted molar refractivity (Wildman–Crippen MR) is 70.2 cm³/mol. The molecule has 0 saturated carbocycles. The van der Waals surface area contributed by atoms with E-state index in [4.69, 9.17) is 5.26 Å². The largest absolute Gasteiger partial charge is 0.455 e. The van der Waals surface area contributed by atoms with E-state index in [0.717, 1.165) is 12.5 Å². The maximum Gasteiger partial charge on any atom is 0.455 e. The molecule has 128 valence electrons. The molecule has 0 fully saturated rings. The molecule has 0 radical (unpaired) electrons. The Hall–Kier alpha value is -2.70. The van der Waals surface area contributed by atoms with E-state index in [0.29, 0.717) is 12.1 Å². The normalized spacial score (nSPS) is 18.5. The van der Waals surface area contributed by atoms with Crippen molar-refractivity contribution in [2.24, 2.45) is 0 Å². The molecule has 0 bridgehead atoms. The predicted octanol–water partition coefficient (Wildman–Crippen LogP) is 1.85. The van der Waals surface area contributed by atoms with Gasteiger partial charge in [0.05, 0.1) is 17.8 Å². The number of carbonyl (C=O) groups is 2. The number of alkyl halides is 5. The lowest BCUT2D eigenvalue weighted by molar-refractivity contribution is -0.278. The average molecular weight is 347 g/mol. The monoisotopic (exact) mass is 347 g/mol. The maximum absolute atomic E-state index is 12.9. The van der Waals surface area contributed by atoms with Gasteiger partial charge in [-0.05, 0) is 18.9 Å². The minimum Gasteiger partial charge on any atom is -0.374 e. The minimum atomic E-state index is -5.83. The van der Waals surface area contributed by atoms with Crippen LogP contribution >= 0.6 is 0 Å². The third-order valence-corrected chi connectivity index (χ3v) is 3.36. The average Bonchev–Trinajstić information content (AvgIpc) is 2.44. The molecule has 2 N–H and O–H groups in total. The van der Waals surface area contributed by atoms with E-state index in [1.807, 2.05) is 0 Å². The van der Waals surface area contributed by atoms with Crippen molar-refractivity contribution < 1.29 is 31.5 Å². The lowest BCUT2D eigenvalue weighted by atomic mass is 9.97. The fourth-order valence-corrected chi connectivity index (χ4v) is 1.87. The SMILES string of the molecule is N#CC1=C(NCC(F)(F)C(F)(F)F)C(=O)C(=O)C(NC2=CCC2)=C1. The molecule has 0 spiro atoms. The van der Waals surface area contributed by atoms with Crippen LogP contribution in [0.2, 0.25) is 0 Å². The molecule has 2 aliphatic carbocycles. The summed E-state index contributed by atoms with van der Waals surface area (Å²) in [5.74, 6) is -7.60. The number of rotatable bonds is 5. The first-order valence-corrected chi connectivity index (χ1v) is 6.66. The number of carbonyl (C=O) groups excluding carboxylic acids is 2. The van der Waals surface area contributed by atoms with Gasteiger partial charge in [-0.15, -0.1) is 0 Å². The summed E-state index contributed by atoms with van der Waals surface area (Å²) in [6, 6.07) is 1.50. The molecule has 0 unspecified atom stereocenters. The summed E-state index contributed by atoms with van der Waals surface area (Å²) in [5, 5.41) is 13.2. The maximum atomic E-state index is 12.9. The van der Waals surface area contributed by atoms with Gasteiger partial charge in [-0.3, -0.25) is 9.59 Å². The zero-order valence-corrected chi connectivity index (χ0v) is 11.9. The molecular formula is C14H10F5N3O2. The third-order valence-electron chi connectivity index (χ3n) is 3.36. The Kier molecular flexibility index (Phi) is 4.46. The molecule has 0 aromatic rings. The van der Waals surface area contributed by atoms with Crippen LogP contribution in [0.4, 0.5) is 22.0 Å². The van der Waals surface area contributed by atoms with Crippen molar-refractivity contribution in [3.63, 3.8) is 0 Å². The van der Waals surface area contributed by atoms with E-state index in [1.165, 1.54) is 6.07 Å². The van der Waals surface area contributed by atoms with Gasteiger partial charge in [0.1, 0.15) is 11.8 Å². The molecule has 0 aromatic heterocycles. The van der Waals surface area contributed by atoms with Crippen molar-refractivity contribution in [1.82, 2.24) is 10.6 Å². The number of ketones is 2. The number of hydrogen-bond donors (Lipinski definition) is 2. The van der Waals surface area contributed by atoms with Gasteiger partial charge in [0.25, 0.3) is 11.6 Å². The quantitative estimate of drug-likeness (QED) is 0.451. The van der Waals surface area contributed by atoms with Crippen molar-refractivity contribution in [2.75, 3.05) is 6.54 Å². The molecule has 2 aliphatic rings. The van der Waals surface area contributed by atoms with Crippen molar-refractivity contribution in [3.05, 3.63) is 34.8 Å². The Morgan fingerprint density at radius 3 is 2.25 bits per heavy atom. The van der Waals surface area contributed by atoms with Crippen LogP contribution in [0.3, 0.4) is 0 Å². The van der Waals surface area contributed by atoms with Crippen molar-refractivity contribution >= 4 is 11.6 Å². The Balaban J connectivity index is 2.25. The van der Waals surface area contributed by atoms with Crippen LogP contribution in [-0.4, -0.2) is 30.2 Å². The van der Waals surface area contributed by atoms with E-state index < -0.39 is 41.5 Å². The smallest absolute Gasteiger partial charge is 0.374 e. The molecule has 0 heterocycles. The van der Waals surface area contributed by atoms with Gasteiger partial charge in [0, 0.05) is 5.70 Å². The summed E-state index contributed by atoms with van der Waals surface area (Å²) >= 11 is 0. The van der Waals surface area contributed by atoms with E-state index in [1.54, 1.807) is 11.4 Å². The van der Waals surface area contributed by atoms with Gasteiger partial charge < -0.3 is 10.6 Å². The molecule has 10 heteroatoms. The number of allylic oxidation sites excluding steroid dienone is 6. The molecular weight excluding hydrogens is 337 g/mol. The van der Waals surface area contributed by atoms with Gasteiger partial charge in [-0.1, -0.05) is 6.08 Å². The van der Waals surface area contributed by atoms with Gasteiger partial charge in [0.2, 0.25) is 0 Å². The summed E-state index contributed by atoms with van der Waals surface area (Å²) in [4.78, 5) is 23.8. The van der Waals surface area contributed by atoms with E-state index in [-0.39, 0.29) is 5.70 Å². The number of hydrogen-bond acceptors (Lipinski definition) is 5. The standard InChI is InChI=1S/C14H10F5N3O2/c15-13(16,14(17,18)19)6-21-10-7(5-20)4-9(11(23)12(10)24)22-8-2-1-3-8/h2,4,21-22H,1,3,6H2. The Morgan fingerprint density at radius 2 is 1.79 bits per heavy atom. The first kappa shape index (κ1) is 17.7. The fraction of sp³-hybridized carbons (Fsp3) is 0.357. The summed E-state index contributed by atoms with van der Waals surface area (Å²) in [7, 11) is 0. The van der Waals surface area contributed by atoms with Gasteiger partial charge in [-0.25, -0.2) is 0 Å². The molecule has 0 atom stereocenters. The highest BCUT2D eigenvalue weighted by molar-refractivity contribution is 6.50. The summed E-state index contributed by atoms with van der Waals surface area (Å²) in [6.07, 6.45) is -1.73. The highest BCUT2D eigenvalue weighted by Crippen LogP contribution is 2.35. The molecule has 2 rings (SSSR count). The lowest BCUT2D eigenvalue weighted by Crippen LogP contribution is -2.47. The zero-order valence-electron chi connectivity index (χ0n) is 11.9. The molecule has 24 heavy (non-hydrogen) atoms. The summed E-state index contributed by atoms with van der Waals surface area (Å²) in [5.41, 5.74) is -0.949. The van der Waals surface area contributed by atoms with Crippen molar-refractivity contribution in [3.8, 4) is 6.07 Å². The highest BCUT2D eigenvalue weighted by Gasteiger charge is 2.57. The second-order valence-electron chi connectivity index (χ2n) is 5.07. The first-order chi connectivity index (χ1) is 11.1. The Bertz CT molecular complexity index is 726. The topological polar surface area (TPSA) is 82.0 Å². The van der Waals surface area contributed by atoms with Crippen LogP contribution in [0.1, 0.15) is 12.8 Å². The summed E-state index contributed by atoms with van der Waals surface area (Å²) < 4.78 is 62.3. The summed E-state index contributed by atoms with van der Waals surface area (Å²) in [6.45, 7) is -1.96. The molecule has 5 nitrogen and oxygen atoms in total. The Morgan fingerprint density at radius 1 is 1.17 bits per heavy atom. The van der Waals surface area contributed by atoms with Gasteiger partial charge in [0.15, 0.2) is 0 Å². The van der Waals surface area contributed by atoms with E-state index >= 15 is 0 Å². The number of nitrogens with zero attached hydrogens (tertiary/aromatic N) is 1. The van der Waals surface area contributed by atoms with Crippen molar-refractivity contribution in [1.29, 1.82) is 5.26 Å². The molecule has 0 aliphatic heterocycles. The van der Waals surface area contributed by atoms with Crippen LogP contribution in [0, 0.1) is 11.3 Å². The highest BCUT2D eigenvalue weighted by atomic mass is 19.4. The molecule has 0 saturated heterocycles. The number of nitrogens with one attached hydrogen (secondary N) is 2. The van der Waals surface area contributed by atoms with Crippen LogP contribution in [0.15, 0.2) is 34.8 Å².